The van der Waals surface area contributed by atoms with Crippen LogP contribution in [0, 0.1) is 17.5 Å². The molecule has 2 atom stereocenters. The molecule has 2 aromatic carbocycles. The molecular formula is C24H25F3N2O5S. The molecule has 0 radical (unpaired) electrons. The van der Waals surface area contributed by atoms with E-state index in [0.717, 1.165) is 4.90 Å². The molecule has 2 heterocycles. The first kappa shape index (κ1) is 25.2. The molecule has 0 unspecified atom stereocenters. The lowest BCUT2D eigenvalue weighted by molar-refractivity contribution is 0.0924. The van der Waals surface area contributed by atoms with Gasteiger partial charge in [0.25, 0.3) is 11.8 Å². The molecule has 2 aromatic rings. The Balaban J connectivity index is 1.93. The number of benzene rings is 2. The van der Waals surface area contributed by atoms with E-state index in [2.05, 4.69) is 5.32 Å². The maximum atomic E-state index is 14.9. The zero-order chi connectivity index (χ0) is 26.0. The van der Waals surface area contributed by atoms with Gasteiger partial charge < -0.3 is 10.4 Å². The number of hydrogen-bond donors (Lipinski definition) is 2. The Labute approximate surface area is 200 Å². The number of fused-ring (bicyclic) bond motifs is 1. The van der Waals surface area contributed by atoms with Crippen LogP contribution in [0.3, 0.4) is 0 Å². The Kier molecular flexibility index (Phi) is 6.21. The molecule has 4 rings (SSSR count). The highest BCUT2D eigenvalue weighted by Gasteiger charge is 2.47. The zero-order valence-electron chi connectivity index (χ0n) is 19.5. The predicted octanol–water partition coefficient (Wildman–Crippen LogP) is 3.72. The molecular weight excluding hydrogens is 485 g/mol. The summed E-state index contributed by atoms with van der Waals surface area (Å²) in [6, 6.07) is 3.91. The molecule has 0 aliphatic carbocycles. The van der Waals surface area contributed by atoms with E-state index in [4.69, 9.17) is 0 Å². The van der Waals surface area contributed by atoms with Gasteiger partial charge in [0.1, 0.15) is 0 Å². The number of para-hydroxylation sites is 1. The van der Waals surface area contributed by atoms with Crippen molar-refractivity contribution in [3.8, 4) is 0 Å². The number of amides is 2. The van der Waals surface area contributed by atoms with Gasteiger partial charge in [-0.3, -0.25) is 9.59 Å². The number of aliphatic hydroxyl groups is 1. The Morgan fingerprint density at radius 1 is 0.914 bits per heavy atom. The molecule has 0 spiro atoms. The highest BCUT2D eigenvalue weighted by Crippen LogP contribution is 2.43. The van der Waals surface area contributed by atoms with Crippen LogP contribution in [0.5, 0.6) is 0 Å². The van der Waals surface area contributed by atoms with E-state index >= 15 is 0 Å². The minimum Gasteiger partial charge on any atom is -0.390 e. The van der Waals surface area contributed by atoms with Crippen molar-refractivity contribution in [1.82, 2.24) is 0 Å². The highest BCUT2D eigenvalue weighted by atomic mass is 32.2. The fourth-order valence-corrected chi connectivity index (χ4v) is 6.39. The molecule has 11 heteroatoms. The first-order valence-electron chi connectivity index (χ1n) is 11.1. The van der Waals surface area contributed by atoms with Crippen molar-refractivity contribution in [1.29, 1.82) is 0 Å². The average molecular weight is 511 g/mol. The third-order valence-corrected chi connectivity index (χ3v) is 8.09. The van der Waals surface area contributed by atoms with Crippen LogP contribution in [-0.4, -0.2) is 49.0 Å². The van der Waals surface area contributed by atoms with Gasteiger partial charge in [-0.15, -0.1) is 0 Å². The third kappa shape index (κ3) is 4.00. The Morgan fingerprint density at radius 3 is 1.94 bits per heavy atom. The number of anilines is 2. The summed E-state index contributed by atoms with van der Waals surface area (Å²) in [4.78, 5) is 27.7. The van der Waals surface area contributed by atoms with Crippen molar-refractivity contribution in [3.05, 3.63) is 57.9 Å². The maximum absolute atomic E-state index is 14.9. The Bertz CT molecular complexity index is 1330. The standard InChI is InChI=1S/C24H25F3N2O5S/c1-10(2)12-6-5-7-13(11(3)4)22(12)29-23(31)16-17(24(29)32)21(20(27)19(26)18(16)25)28-14-8-35(33,34)9-15(14)30/h5-7,10-11,14-15,28,30H,8-9H2,1-4H3/t14-,15-/m0/s1. The van der Waals surface area contributed by atoms with Crippen LogP contribution in [0.15, 0.2) is 18.2 Å². The summed E-state index contributed by atoms with van der Waals surface area (Å²) in [5.41, 5.74) is -1.10. The van der Waals surface area contributed by atoms with Gasteiger partial charge in [0.2, 0.25) is 0 Å². The first-order valence-corrected chi connectivity index (χ1v) is 13.0. The fourth-order valence-electron chi connectivity index (χ4n) is 4.65. The summed E-state index contributed by atoms with van der Waals surface area (Å²) < 4.78 is 68.2. The van der Waals surface area contributed by atoms with E-state index in [9.17, 15) is 36.3 Å². The van der Waals surface area contributed by atoms with Gasteiger partial charge in [-0.1, -0.05) is 45.9 Å². The predicted molar refractivity (Wildman–Crippen MR) is 124 cm³/mol. The molecule has 2 aliphatic heterocycles. The lowest BCUT2D eigenvalue weighted by atomic mass is 9.92. The van der Waals surface area contributed by atoms with Crippen molar-refractivity contribution in [2.24, 2.45) is 0 Å². The minimum atomic E-state index is -3.68. The number of aliphatic hydroxyl groups excluding tert-OH is 1. The summed E-state index contributed by atoms with van der Waals surface area (Å²) in [7, 11) is -3.68. The van der Waals surface area contributed by atoms with Crippen molar-refractivity contribution < 1.29 is 36.3 Å². The number of nitrogens with zero attached hydrogens (tertiary/aromatic N) is 1. The van der Waals surface area contributed by atoms with Crippen molar-refractivity contribution in [3.63, 3.8) is 0 Å². The summed E-state index contributed by atoms with van der Waals surface area (Å²) in [5.74, 6) is -9.32. The molecule has 1 fully saturated rings. The number of nitrogens with one attached hydrogen (secondary N) is 1. The van der Waals surface area contributed by atoms with Crippen LogP contribution in [0.4, 0.5) is 24.5 Å². The van der Waals surface area contributed by atoms with Gasteiger partial charge in [-0.05, 0) is 23.0 Å². The van der Waals surface area contributed by atoms with E-state index < -0.39 is 79.6 Å². The Hall–Kier alpha value is -2.92. The smallest absolute Gasteiger partial charge is 0.269 e. The molecule has 0 aromatic heterocycles. The van der Waals surface area contributed by atoms with Crippen LogP contribution in [0.2, 0.25) is 0 Å². The van der Waals surface area contributed by atoms with Crippen LogP contribution in [0.25, 0.3) is 0 Å². The van der Waals surface area contributed by atoms with Gasteiger partial charge in [0, 0.05) is 0 Å². The van der Waals surface area contributed by atoms with Crippen molar-refractivity contribution in [2.75, 3.05) is 21.7 Å². The van der Waals surface area contributed by atoms with E-state index in [1.165, 1.54) is 0 Å². The van der Waals surface area contributed by atoms with Crippen molar-refractivity contribution >= 4 is 33.0 Å². The van der Waals surface area contributed by atoms with Crippen LogP contribution in [-0.2, 0) is 9.84 Å². The molecule has 2 aliphatic rings. The van der Waals surface area contributed by atoms with E-state index in [1.807, 2.05) is 27.7 Å². The molecule has 2 amide bonds. The molecule has 188 valence electrons. The topological polar surface area (TPSA) is 104 Å². The number of rotatable bonds is 5. The lowest BCUT2D eigenvalue weighted by Crippen LogP contribution is -2.34. The molecule has 2 N–H and O–H groups in total. The minimum absolute atomic E-state index is 0.150. The second kappa shape index (κ2) is 8.63. The quantitative estimate of drug-likeness (QED) is 0.470. The molecule has 35 heavy (non-hydrogen) atoms. The zero-order valence-corrected chi connectivity index (χ0v) is 20.3. The summed E-state index contributed by atoms with van der Waals surface area (Å²) >= 11 is 0. The second-order valence-corrected chi connectivity index (χ2v) is 11.7. The van der Waals surface area contributed by atoms with Gasteiger partial charge >= 0.3 is 0 Å². The monoisotopic (exact) mass is 510 g/mol. The van der Waals surface area contributed by atoms with E-state index in [-0.39, 0.29) is 17.5 Å². The highest BCUT2D eigenvalue weighted by molar-refractivity contribution is 7.91. The van der Waals surface area contributed by atoms with E-state index in [0.29, 0.717) is 11.1 Å². The fraction of sp³-hybridized carbons (Fsp3) is 0.417. The SMILES string of the molecule is CC(C)c1cccc(C(C)C)c1N1C(=O)c2c(F)c(F)c(F)c(N[C@H]3CS(=O)(=O)C[C@@H]3O)c2C1=O. The van der Waals surface area contributed by atoms with Crippen LogP contribution in [0.1, 0.15) is 71.4 Å². The molecule has 0 bridgehead atoms. The van der Waals surface area contributed by atoms with Gasteiger partial charge in [0.15, 0.2) is 27.3 Å². The Morgan fingerprint density at radius 2 is 1.46 bits per heavy atom. The molecule has 1 saturated heterocycles. The normalized spacial score (nSPS) is 21.4. The lowest BCUT2D eigenvalue weighted by Gasteiger charge is -2.25. The van der Waals surface area contributed by atoms with Gasteiger partial charge in [0.05, 0.1) is 46.2 Å². The number of sulfone groups is 1. The van der Waals surface area contributed by atoms with Crippen LogP contribution >= 0.6 is 0 Å². The maximum Gasteiger partial charge on any atom is 0.269 e. The largest absolute Gasteiger partial charge is 0.390 e. The summed E-state index contributed by atoms with van der Waals surface area (Å²) in [6.45, 7) is 7.37. The number of carbonyl (C=O) groups excluding carboxylic acids is 2. The average Bonchev–Trinajstić information content (AvgIpc) is 3.18. The second-order valence-electron chi connectivity index (χ2n) is 9.50. The third-order valence-electron chi connectivity index (χ3n) is 6.38. The molecule has 0 saturated carbocycles. The number of halogens is 3. The van der Waals surface area contributed by atoms with Crippen LogP contribution < -0.4 is 10.2 Å². The molecule has 7 nitrogen and oxygen atoms in total. The number of hydrogen-bond acceptors (Lipinski definition) is 6. The first-order chi connectivity index (χ1) is 16.3. The van der Waals surface area contributed by atoms with Gasteiger partial charge in [-0.2, -0.15) is 0 Å². The summed E-state index contributed by atoms with van der Waals surface area (Å²) in [6.07, 6.45) is -1.47. The van der Waals surface area contributed by atoms with Crippen molar-refractivity contribution in [2.45, 2.75) is 51.7 Å². The number of carbonyl (C=O) groups is 2. The van der Waals surface area contributed by atoms with Gasteiger partial charge in [-0.25, -0.2) is 26.5 Å². The van der Waals surface area contributed by atoms with E-state index in [1.54, 1.807) is 18.2 Å². The summed E-state index contributed by atoms with van der Waals surface area (Å²) in [5, 5.41) is 12.5. The number of imide groups is 1.